The third-order valence-corrected chi connectivity index (χ3v) is 10.5. The molecule has 4 aromatic heterocycles. The largest absolute Gasteiger partial charge is 0.494 e. The predicted octanol–water partition coefficient (Wildman–Crippen LogP) is 5.64. The van der Waals surface area contributed by atoms with Crippen LogP contribution in [0.25, 0.3) is 44.8 Å². The van der Waals surface area contributed by atoms with Crippen molar-refractivity contribution in [2.45, 2.75) is 45.2 Å². The molecule has 2 amide bonds. The molecule has 0 N–H and O–H groups in total. The summed E-state index contributed by atoms with van der Waals surface area (Å²) in [6, 6.07) is 14.0. The Labute approximate surface area is 268 Å². The van der Waals surface area contributed by atoms with E-state index in [4.69, 9.17) is 14.7 Å². The minimum Gasteiger partial charge on any atom is -0.494 e. The maximum atomic E-state index is 13.8. The first-order valence-corrected chi connectivity index (χ1v) is 16.3. The number of rotatable bonds is 7. The number of hydrogen-bond acceptors (Lipinski definition) is 6. The highest BCUT2D eigenvalue weighted by molar-refractivity contribution is 6.00. The molecule has 2 saturated carbocycles. The fourth-order valence-corrected chi connectivity index (χ4v) is 7.65. The molecule has 3 fully saturated rings. The van der Waals surface area contributed by atoms with Gasteiger partial charge in [0, 0.05) is 63.0 Å². The molecule has 1 aromatic carbocycles. The Hall–Kier alpha value is -4.73. The van der Waals surface area contributed by atoms with Gasteiger partial charge in [-0.15, -0.1) is 0 Å². The lowest BCUT2D eigenvalue weighted by Gasteiger charge is -2.27. The average molecular weight is 618 g/mol. The van der Waals surface area contributed by atoms with E-state index in [1.54, 1.807) is 33.5 Å². The Morgan fingerprint density at radius 3 is 2.50 bits per heavy atom. The van der Waals surface area contributed by atoms with Crippen LogP contribution < -0.4 is 4.74 Å². The molecule has 8 rings (SSSR count). The van der Waals surface area contributed by atoms with E-state index in [0.29, 0.717) is 40.8 Å². The van der Waals surface area contributed by atoms with Gasteiger partial charge >= 0.3 is 0 Å². The van der Waals surface area contributed by atoms with Crippen LogP contribution in [-0.4, -0.2) is 79.5 Å². The number of carbonyl (C=O) groups is 2. The van der Waals surface area contributed by atoms with Gasteiger partial charge in [0.25, 0.3) is 11.8 Å². The Balaban J connectivity index is 1.20. The van der Waals surface area contributed by atoms with Crippen LogP contribution in [-0.2, 0) is 13.6 Å². The van der Waals surface area contributed by atoms with E-state index in [2.05, 4.69) is 38.1 Å². The molecule has 2 bridgehead atoms. The number of ether oxygens (including phenoxy) is 1. The summed E-state index contributed by atoms with van der Waals surface area (Å²) in [6.45, 7) is 3.97. The van der Waals surface area contributed by atoms with Gasteiger partial charge in [0.1, 0.15) is 22.6 Å². The number of piperidine rings is 1. The maximum Gasteiger partial charge on any atom is 0.271 e. The number of carbonyl (C=O) groups excluding carboxylic acids is 2. The second-order valence-corrected chi connectivity index (χ2v) is 13.6. The highest BCUT2D eigenvalue weighted by Gasteiger charge is 2.46. The summed E-state index contributed by atoms with van der Waals surface area (Å²) in [4.78, 5) is 44.4. The summed E-state index contributed by atoms with van der Waals surface area (Å²) in [5.74, 6) is 3.15. The smallest absolute Gasteiger partial charge is 0.271 e. The summed E-state index contributed by atoms with van der Waals surface area (Å²) >= 11 is 0. The van der Waals surface area contributed by atoms with Gasteiger partial charge in [-0.3, -0.25) is 14.6 Å². The summed E-state index contributed by atoms with van der Waals surface area (Å²) in [5, 5.41) is 1.03. The van der Waals surface area contributed by atoms with Crippen molar-refractivity contribution in [2.24, 2.45) is 24.8 Å². The van der Waals surface area contributed by atoms with Gasteiger partial charge in [-0.05, 0) is 85.9 Å². The molecule has 0 spiro atoms. The Morgan fingerprint density at radius 1 is 1.02 bits per heavy atom. The normalized spacial score (nSPS) is 20.6. The van der Waals surface area contributed by atoms with Crippen molar-refractivity contribution < 1.29 is 14.3 Å². The monoisotopic (exact) mass is 617 g/mol. The fraction of sp³-hybridized carbons (Fsp3) is 0.417. The summed E-state index contributed by atoms with van der Waals surface area (Å²) in [7, 11) is 7.10. The molecule has 3 aliphatic rings. The first kappa shape index (κ1) is 28.7. The van der Waals surface area contributed by atoms with Crippen LogP contribution in [0.3, 0.4) is 0 Å². The molecule has 5 heterocycles. The number of fused-ring (bicyclic) bond motifs is 4. The number of amides is 2. The van der Waals surface area contributed by atoms with Gasteiger partial charge in [-0.1, -0.05) is 6.92 Å². The molecule has 10 nitrogen and oxygen atoms in total. The minimum absolute atomic E-state index is 0.0691. The third-order valence-electron chi connectivity index (χ3n) is 10.5. The van der Waals surface area contributed by atoms with Crippen LogP contribution in [0.5, 0.6) is 5.75 Å². The summed E-state index contributed by atoms with van der Waals surface area (Å²) in [6.07, 6.45) is 6.41. The molecule has 10 heteroatoms. The lowest BCUT2D eigenvalue weighted by atomic mass is 10.0. The Bertz CT molecular complexity index is 2020. The van der Waals surface area contributed by atoms with E-state index >= 15 is 0 Å². The second-order valence-electron chi connectivity index (χ2n) is 13.6. The number of aromatic nitrogens is 5. The third kappa shape index (κ3) is 4.56. The molecule has 0 radical (unpaired) electrons. The van der Waals surface area contributed by atoms with Gasteiger partial charge in [0.05, 0.1) is 24.0 Å². The number of methoxy groups -OCH3 is 1. The van der Waals surface area contributed by atoms with Gasteiger partial charge in [-0.25, -0.2) is 9.97 Å². The van der Waals surface area contributed by atoms with Crippen LogP contribution in [0.2, 0.25) is 0 Å². The highest BCUT2D eigenvalue weighted by atomic mass is 16.5. The van der Waals surface area contributed by atoms with E-state index in [1.165, 1.54) is 24.2 Å². The molecule has 5 aromatic rings. The zero-order valence-electron chi connectivity index (χ0n) is 27.0. The number of aryl methyl sites for hydroxylation is 1. The standard InChI is InChI=1S/C36H39N7O3/c1-20-24-10-13-29(20)43(19-24)35(44)25-14-28-32(31(16-25)46-5)41(4)34(39-28)30-15-22-8-11-26(38-33(22)42(30)18-21-6-7-21)23-9-12-27(37-17-23)36(45)40(2)3/h8-9,11-12,14-17,20-21,24,29H,6-7,10,13,18-19H2,1-5H3/t20-,24?,29?/m1/s1. The van der Waals surface area contributed by atoms with Crippen LogP contribution in [0.1, 0.15) is 53.5 Å². The van der Waals surface area contributed by atoms with Crippen molar-refractivity contribution in [1.82, 2.24) is 33.9 Å². The van der Waals surface area contributed by atoms with Gasteiger partial charge in [0.2, 0.25) is 0 Å². The first-order valence-electron chi connectivity index (χ1n) is 16.3. The predicted molar refractivity (Wildman–Crippen MR) is 177 cm³/mol. The fourth-order valence-electron chi connectivity index (χ4n) is 7.65. The summed E-state index contributed by atoms with van der Waals surface area (Å²) in [5.41, 5.74) is 6.16. The molecule has 236 valence electrons. The van der Waals surface area contributed by atoms with E-state index < -0.39 is 0 Å². The highest BCUT2D eigenvalue weighted by Crippen LogP contribution is 2.44. The topological polar surface area (TPSA) is 98.4 Å². The Kier molecular flexibility index (Phi) is 6.67. The van der Waals surface area contributed by atoms with Crippen LogP contribution in [0.4, 0.5) is 0 Å². The number of pyridine rings is 2. The van der Waals surface area contributed by atoms with E-state index in [1.807, 2.05) is 31.3 Å². The Morgan fingerprint density at radius 2 is 1.85 bits per heavy atom. The number of nitrogens with zero attached hydrogens (tertiary/aromatic N) is 7. The van der Waals surface area contributed by atoms with E-state index in [9.17, 15) is 9.59 Å². The molecular formula is C36H39N7O3. The van der Waals surface area contributed by atoms with Gasteiger partial charge < -0.3 is 23.7 Å². The van der Waals surface area contributed by atoms with Crippen LogP contribution >= 0.6 is 0 Å². The molecule has 3 atom stereocenters. The van der Waals surface area contributed by atoms with Gasteiger partial charge in [0.15, 0.2) is 5.82 Å². The SMILES string of the molecule is COc1cc(C(=O)N2CC3CCC2[C@@H]3C)cc2nc(-c3cc4ccc(-c5ccc(C(=O)N(C)C)nc5)nc4n3CC3CC3)n(C)c12. The zero-order chi connectivity index (χ0) is 31.9. The lowest BCUT2D eigenvalue weighted by Crippen LogP contribution is -2.38. The molecule has 46 heavy (non-hydrogen) atoms. The van der Waals surface area contributed by atoms with Crippen LogP contribution in [0, 0.1) is 17.8 Å². The van der Waals surface area contributed by atoms with E-state index in [-0.39, 0.29) is 11.8 Å². The minimum atomic E-state index is -0.133. The number of imidazole rings is 1. The molecular weight excluding hydrogens is 578 g/mol. The zero-order valence-corrected chi connectivity index (χ0v) is 27.0. The quantitative estimate of drug-likeness (QED) is 0.234. The summed E-state index contributed by atoms with van der Waals surface area (Å²) < 4.78 is 10.2. The molecule has 2 aliphatic carbocycles. The van der Waals surface area contributed by atoms with Crippen molar-refractivity contribution in [3.05, 3.63) is 59.9 Å². The van der Waals surface area contributed by atoms with Crippen molar-refractivity contribution in [3.63, 3.8) is 0 Å². The number of hydrogen-bond donors (Lipinski definition) is 0. The second kappa shape index (κ2) is 10.7. The average Bonchev–Trinajstić information content (AvgIpc) is 3.47. The van der Waals surface area contributed by atoms with Crippen molar-refractivity contribution in [2.75, 3.05) is 27.7 Å². The van der Waals surface area contributed by atoms with Crippen molar-refractivity contribution in [3.8, 4) is 28.5 Å². The molecule has 1 saturated heterocycles. The molecule has 2 unspecified atom stereocenters. The number of likely N-dealkylation sites (tertiary alicyclic amines) is 1. The van der Waals surface area contributed by atoms with E-state index in [0.717, 1.165) is 64.4 Å². The van der Waals surface area contributed by atoms with Crippen molar-refractivity contribution >= 4 is 33.9 Å². The lowest BCUT2D eigenvalue weighted by molar-refractivity contribution is 0.0695. The number of benzene rings is 1. The van der Waals surface area contributed by atoms with Crippen LogP contribution in [0.15, 0.2) is 48.7 Å². The van der Waals surface area contributed by atoms with Crippen molar-refractivity contribution in [1.29, 1.82) is 0 Å². The van der Waals surface area contributed by atoms with Gasteiger partial charge in [-0.2, -0.15) is 0 Å². The molecule has 1 aliphatic heterocycles. The first-order chi connectivity index (χ1) is 22.2. The maximum absolute atomic E-state index is 13.8.